The topological polar surface area (TPSA) is 80.8 Å². The zero-order valence-corrected chi connectivity index (χ0v) is 15.5. The molecule has 0 aliphatic carbocycles. The van der Waals surface area contributed by atoms with Crippen molar-refractivity contribution < 1.29 is 22.7 Å². The fourth-order valence-corrected chi connectivity index (χ4v) is 3.82. The van der Waals surface area contributed by atoms with E-state index in [4.69, 9.17) is 0 Å². The minimum Gasteiger partial charge on any atom is -0.468 e. The van der Waals surface area contributed by atoms with E-state index in [1.807, 2.05) is 6.07 Å². The van der Waals surface area contributed by atoms with Gasteiger partial charge in [0.15, 0.2) is 5.78 Å². The van der Waals surface area contributed by atoms with E-state index in [1.54, 1.807) is 37.3 Å². The van der Waals surface area contributed by atoms with Gasteiger partial charge in [0, 0.05) is 18.5 Å². The Kier molecular flexibility index (Phi) is 6.65. The van der Waals surface area contributed by atoms with Crippen molar-refractivity contribution in [2.75, 3.05) is 13.7 Å². The van der Waals surface area contributed by atoms with Gasteiger partial charge < -0.3 is 4.74 Å². The van der Waals surface area contributed by atoms with E-state index in [9.17, 15) is 18.0 Å². The Hall–Kier alpha value is -2.51. The predicted molar refractivity (Wildman–Crippen MR) is 97.1 cm³/mol. The first-order chi connectivity index (χ1) is 12.4. The SMILES string of the molecule is CCC(=O)c1cccc(S(=O)(=O)N(CC(=O)OC)Cc2ccccc2)c1. The van der Waals surface area contributed by atoms with Crippen LogP contribution in [0.5, 0.6) is 0 Å². The molecule has 0 radical (unpaired) electrons. The van der Waals surface area contributed by atoms with Crippen LogP contribution in [0.1, 0.15) is 29.3 Å². The molecule has 0 spiro atoms. The normalized spacial score (nSPS) is 11.3. The molecule has 2 rings (SSSR count). The number of esters is 1. The molecule has 0 bridgehead atoms. The molecule has 0 fully saturated rings. The van der Waals surface area contributed by atoms with Gasteiger partial charge in [-0.05, 0) is 17.7 Å². The van der Waals surface area contributed by atoms with Crippen LogP contribution in [0.15, 0.2) is 59.5 Å². The third kappa shape index (κ3) is 4.77. The maximum atomic E-state index is 13.1. The van der Waals surface area contributed by atoms with E-state index in [0.717, 1.165) is 9.87 Å². The number of ketones is 1. The monoisotopic (exact) mass is 375 g/mol. The van der Waals surface area contributed by atoms with Crippen LogP contribution in [0.25, 0.3) is 0 Å². The number of Topliss-reactive ketones (excluding diaryl/α,β-unsaturated/α-hetero) is 1. The smallest absolute Gasteiger partial charge is 0.321 e. The van der Waals surface area contributed by atoms with Gasteiger partial charge in [0.05, 0.1) is 12.0 Å². The lowest BCUT2D eigenvalue weighted by Gasteiger charge is -2.21. The summed E-state index contributed by atoms with van der Waals surface area (Å²) in [7, 11) is -2.78. The van der Waals surface area contributed by atoms with Gasteiger partial charge in [-0.2, -0.15) is 4.31 Å². The summed E-state index contributed by atoms with van der Waals surface area (Å²) in [4.78, 5) is 23.6. The molecule has 0 saturated carbocycles. The molecule has 0 atom stereocenters. The summed E-state index contributed by atoms with van der Waals surface area (Å²) >= 11 is 0. The molecule has 0 amide bonds. The Balaban J connectivity index is 2.41. The number of methoxy groups -OCH3 is 1. The highest BCUT2D eigenvalue weighted by Gasteiger charge is 2.27. The lowest BCUT2D eigenvalue weighted by Crippen LogP contribution is -2.35. The van der Waals surface area contributed by atoms with Gasteiger partial charge in [0.2, 0.25) is 10.0 Å². The largest absolute Gasteiger partial charge is 0.468 e. The number of sulfonamides is 1. The number of carbonyl (C=O) groups excluding carboxylic acids is 2. The molecule has 26 heavy (non-hydrogen) atoms. The minimum atomic E-state index is -3.99. The van der Waals surface area contributed by atoms with Crippen molar-refractivity contribution in [1.29, 1.82) is 0 Å². The third-order valence-corrected chi connectivity index (χ3v) is 5.64. The summed E-state index contributed by atoms with van der Waals surface area (Å²) in [5.74, 6) is -0.810. The van der Waals surface area contributed by atoms with E-state index in [-0.39, 0.29) is 23.6 Å². The highest BCUT2D eigenvalue weighted by molar-refractivity contribution is 7.89. The van der Waals surface area contributed by atoms with Crippen molar-refractivity contribution in [2.24, 2.45) is 0 Å². The lowest BCUT2D eigenvalue weighted by molar-refractivity contribution is -0.140. The Labute approximate surface area is 153 Å². The van der Waals surface area contributed by atoms with E-state index in [0.29, 0.717) is 5.56 Å². The second-order valence-corrected chi connectivity index (χ2v) is 7.58. The first kappa shape index (κ1) is 19.8. The van der Waals surface area contributed by atoms with Gasteiger partial charge in [-0.15, -0.1) is 0 Å². The number of carbonyl (C=O) groups is 2. The van der Waals surface area contributed by atoms with Crippen LogP contribution in [0.4, 0.5) is 0 Å². The summed E-state index contributed by atoms with van der Waals surface area (Å²) in [5, 5.41) is 0. The van der Waals surface area contributed by atoms with Crippen LogP contribution in [0, 0.1) is 0 Å². The molecule has 0 heterocycles. The van der Waals surface area contributed by atoms with Crippen LogP contribution < -0.4 is 0 Å². The maximum absolute atomic E-state index is 13.1. The van der Waals surface area contributed by atoms with Crippen molar-refractivity contribution in [3.05, 3.63) is 65.7 Å². The Morgan fingerprint density at radius 3 is 2.35 bits per heavy atom. The Morgan fingerprint density at radius 2 is 1.73 bits per heavy atom. The average Bonchev–Trinajstić information content (AvgIpc) is 2.67. The Morgan fingerprint density at radius 1 is 1.04 bits per heavy atom. The van der Waals surface area contributed by atoms with Crippen LogP contribution in [-0.4, -0.2) is 38.1 Å². The van der Waals surface area contributed by atoms with Gasteiger partial charge in [0.25, 0.3) is 0 Å². The van der Waals surface area contributed by atoms with Crippen molar-refractivity contribution in [1.82, 2.24) is 4.31 Å². The maximum Gasteiger partial charge on any atom is 0.321 e. The Bertz CT molecular complexity index is 878. The molecular weight excluding hydrogens is 354 g/mol. The van der Waals surface area contributed by atoms with E-state index in [2.05, 4.69) is 4.74 Å². The van der Waals surface area contributed by atoms with Crippen LogP contribution in [0.2, 0.25) is 0 Å². The summed E-state index contributed by atoms with van der Waals surface area (Å²) < 4.78 is 31.8. The van der Waals surface area contributed by atoms with Crippen molar-refractivity contribution in [3.8, 4) is 0 Å². The van der Waals surface area contributed by atoms with Crippen molar-refractivity contribution in [2.45, 2.75) is 24.8 Å². The van der Waals surface area contributed by atoms with Crippen LogP contribution in [0.3, 0.4) is 0 Å². The van der Waals surface area contributed by atoms with Gasteiger partial charge in [-0.25, -0.2) is 8.42 Å². The van der Waals surface area contributed by atoms with Gasteiger partial charge in [-0.1, -0.05) is 49.4 Å². The third-order valence-electron chi connectivity index (χ3n) is 3.85. The molecule has 0 aliphatic heterocycles. The molecule has 0 aliphatic rings. The van der Waals surface area contributed by atoms with E-state index >= 15 is 0 Å². The second kappa shape index (κ2) is 8.73. The quantitative estimate of drug-likeness (QED) is 0.523. The number of benzene rings is 2. The van der Waals surface area contributed by atoms with Gasteiger partial charge >= 0.3 is 5.97 Å². The lowest BCUT2D eigenvalue weighted by atomic mass is 10.1. The molecule has 138 valence electrons. The highest BCUT2D eigenvalue weighted by Crippen LogP contribution is 2.20. The molecule has 2 aromatic carbocycles. The number of hydrogen-bond donors (Lipinski definition) is 0. The highest BCUT2D eigenvalue weighted by atomic mass is 32.2. The minimum absolute atomic E-state index is 0.0181. The molecule has 6 nitrogen and oxygen atoms in total. The molecule has 0 saturated heterocycles. The number of rotatable bonds is 8. The second-order valence-electron chi connectivity index (χ2n) is 5.64. The first-order valence-electron chi connectivity index (χ1n) is 8.12. The van der Waals surface area contributed by atoms with Crippen LogP contribution >= 0.6 is 0 Å². The number of ether oxygens (including phenoxy) is 1. The number of nitrogens with zero attached hydrogens (tertiary/aromatic N) is 1. The standard InChI is InChI=1S/C19H21NO5S/c1-3-18(21)16-10-7-11-17(12-16)26(23,24)20(14-19(22)25-2)13-15-8-5-4-6-9-15/h4-12H,3,13-14H2,1-2H3. The fraction of sp³-hybridized carbons (Fsp3) is 0.263. The molecule has 2 aromatic rings. The summed E-state index contributed by atoms with van der Waals surface area (Å²) in [6.45, 7) is 1.31. The van der Waals surface area contributed by atoms with Gasteiger partial charge in [-0.3, -0.25) is 9.59 Å². The predicted octanol–water partition coefficient (Wildman–Crippen LogP) is 2.64. The summed E-state index contributed by atoms with van der Waals surface area (Å²) in [5.41, 5.74) is 1.06. The van der Waals surface area contributed by atoms with Crippen molar-refractivity contribution in [3.63, 3.8) is 0 Å². The average molecular weight is 375 g/mol. The van der Waals surface area contributed by atoms with E-state index in [1.165, 1.54) is 25.3 Å². The molecule has 0 N–H and O–H groups in total. The number of hydrogen-bond acceptors (Lipinski definition) is 5. The molecule has 0 aromatic heterocycles. The fourth-order valence-electron chi connectivity index (χ4n) is 2.40. The zero-order chi connectivity index (χ0) is 19.2. The molecular formula is C19H21NO5S. The van der Waals surface area contributed by atoms with Gasteiger partial charge in [0.1, 0.15) is 6.54 Å². The first-order valence-corrected chi connectivity index (χ1v) is 9.56. The summed E-state index contributed by atoms with van der Waals surface area (Å²) in [6, 6.07) is 14.8. The van der Waals surface area contributed by atoms with Crippen molar-refractivity contribution >= 4 is 21.8 Å². The van der Waals surface area contributed by atoms with Crippen LogP contribution in [-0.2, 0) is 26.1 Å². The molecule has 7 heteroatoms. The van der Waals surface area contributed by atoms with E-state index < -0.39 is 22.5 Å². The summed E-state index contributed by atoms with van der Waals surface area (Å²) in [6.07, 6.45) is 0.277. The zero-order valence-electron chi connectivity index (χ0n) is 14.7. The molecule has 0 unspecified atom stereocenters.